The summed E-state index contributed by atoms with van der Waals surface area (Å²) in [7, 11) is 0. The van der Waals surface area contributed by atoms with Gasteiger partial charge in [0.05, 0.1) is 15.5 Å². The maximum absolute atomic E-state index is 12.4. The van der Waals surface area contributed by atoms with Crippen LogP contribution < -0.4 is 16.2 Å². The molecule has 0 saturated carbocycles. The van der Waals surface area contributed by atoms with Gasteiger partial charge in [0, 0.05) is 17.7 Å². The predicted octanol–water partition coefficient (Wildman–Crippen LogP) is 2.01. The van der Waals surface area contributed by atoms with E-state index in [0.717, 1.165) is 12.1 Å². The maximum Gasteiger partial charge on any atom is 0.329 e. The average Bonchev–Trinajstić information content (AvgIpc) is 2.79. The lowest BCUT2D eigenvalue weighted by molar-refractivity contribution is -0.384. The highest BCUT2D eigenvalue weighted by Gasteiger charge is 2.27. The van der Waals surface area contributed by atoms with Crippen molar-refractivity contribution in [3.8, 4) is 0 Å². The zero-order valence-corrected chi connectivity index (χ0v) is 18.4. The number of nitro groups is 1. The quantitative estimate of drug-likeness (QED) is 0.298. The smallest absolute Gasteiger partial charge is 0.329 e. The third kappa shape index (κ3) is 7.28. The number of hydrazine groups is 1. The summed E-state index contributed by atoms with van der Waals surface area (Å²) in [6, 6.07) is 9.99. The van der Waals surface area contributed by atoms with Gasteiger partial charge < -0.3 is 10.1 Å². The van der Waals surface area contributed by atoms with Gasteiger partial charge in [-0.1, -0.05) is 37.6 Å². The molecule has 1 atom stereocenters. The van der Waals surface area contributed by atoms with Crippen LogP contribution in [-0.4, -0.2) is 41.3 Å². The fraction of sp³-hybridized carbons (Fsp3) is 0.238. The molecule has 0 fully saturated rings. The first-order chi connectivity index (χ1) is 15.6. The molecule has 0 spiro atoms. The zero-order valence-electron chi connectivity index (χ0n) is 17.7. The summed E-state index contributed by atoms with van der Waals surface area (Å²) < 4.78 is 4.95. The molecular weight excluding hydrogens is 456 g/mol. The number of rotatable bonds is 8. The molecule has 33 heavy (non-hydrogen) atoms. The van der Waals surface area contributed by atoms with Crippen LogP contribution in [0.2, 0.25) is 5.02 Å². The molecular formula is C21H21ClN4O7. The number of nitrogens with one attached hydrogen (secondary N) is 3. The SMILES string of the molecule is CC(C)C(NC(=O)c1ccccc1Cl)C(=O)OCC(=O)NNC(=O)c1ccc([N+](=O)[O-])cc1. The molecule has 11 nitrogen and oxygen atoms in total. The Morgan fingerprint density at radius 1 is 1.00 bits per heavy atom. The highest BCUT2D eigenvalue weighted by Crippen LogP contribution is 2.16. The van der Waals surface area contributed by atoms with Crippen molar-refractivity contribution in [1.82, 2.24) is 16.2 Å². The fourth-order valence-corrected chi connectivity index (χ4v) is 2.78. The lowest BCUT2D eigenvalue weighted by Gasteiger charge is -2.21. The fourth-order valence-electron chi connectivity index (χ4n) is 2.56. The van der Waals surface area contributed by atoms with E-state index in [4.69, 9.17) is 16.3 Å². The summed E-state index contributed by atoms with van der Waals surface area (Å²) in [5.74, 6) is -3.33. The van der Waals surface area contributed by atoms with Crippen LogP contribution in [0.5, 0.6) is 0 Å². The van der Waals surface area contributed by atoms with E-state index in [1.165, 1.54) is 24.3 Å². The van der Waals surface area contributed by atoms with Crippen LogP contribution >= 0.6 is 11.6 Å². The second-order valence-corrected chi connectivity index (χ2v) is 7.50. The van der Waals surface area contributed by atoms with Gasteiger partial charge >= 0.3 is 5.97 Å². The molecule has 0 bridgehead atoms. The second kappa shape index (κ2) is 11.6. The summed E-state index contributed by atoms with van der Waals surface area (Å²) in [6.45, 7) is 2.65. The molecule has 12 heteroatoms. The zero-order chi connectivity index (χ0) is 24.5. The van der Waals surface area contributed by atoms with Gasteiger partial charge in [-0.3, -0.25) is 35.3 Å². The Kier molecular flexibility index (Phi) is 8.87. The van der Waals surface area contributed by atoms with Gasteiger partial charge in [0.2, 0.25) is 0 Å². The minimum Gasteiger partial charge on any atom is -0.454 e. The van der Waals surface area contributed by atoms with E-state index in [1.807, 2.05) is 0 Å². The normalized spacial score (nSPS) is 11.3. The number of esters is 1. The summed E-state index contributed by atoms with van der Waals surface area (Å²) in [6.07, 6.45) is 0. The number of non-ortho nitro benzene ring substituents is 1. The number of carbonyl (C=O) groups excluding carboxylic acids is 4. The number of carbonyl (C=O) groups is 4. The van der Waals surface area contributed by atoms with E-state index < -0.39 is 41.3 Å². The van der Waals surface area contributed by atoms with E-state index in [1.54, 1.807) is 26.0 Å². The molecule has 2 aromatic carbocycles. The Bertz CT molecular complexity index is 1060. The van der Waals surface area contributed by atoms with Crippen LogP contribution in [0.1, 0.15) is 34.6 Å². The van der Waals surface area contributed by atoms with Crippen molar-refractivity contribution in [1.29, 1.82) is 0 Å². The van der Waals surface area contributed by atoms with E-state index in [2.05, 4.69) is 16.2 Å². The van der Waals surface area contributed by atoms with Gasteiger partial charge in [-0.05, 0) is 30.2 Å². The van der Waals surface area contributed by atoms with Gasteiger partial charge in [0.1, 0.15) is 6.04 Å². The van der Waals surface area contributed by atoms with Crippen molar-refractivity contribution >= 4 is 41.0 Å². The minimum atomic E-state index is -1.05. The number of amides is 3. The largest absolute Gasteiger partial charge is 0.454 e. The van der Waals surface area contributed by atoms with Gasteiger partial charge in [-0.15, -0.1) is 0 Å². The second-order valence-electron chi connectivity index (χ2n) is 7.09. The number of hydrogen-bond acceptors (Lipinski definition) is 7. The summed E-state index contributed by atoms with van der Waals surface area (Å²) in [5.41, 5.74) is 4.22. The molecule has 0 aliphatic carbocycles. The standard InChI is InChI=1S/C21H21ClN4O7/c1-12(2)18(23-20(29)15-5-3-4-6-16(15)22)21(30)33-11-17(27)24-25-19(28)13-7-9-14(10-8-13)26(31)32/h3-10,12,18H,11H2,1-2H3,(H,23,29)(H,24,27)(H,25,28). The highest BCUT2D eigenvalue weighted by molar-refractivity contribution is 6.33. The molecule has 0 radical (unpaired) electrons. The van der Waals surface area contributed by atoms with Crippen LogP contribution in [0.15, 0.2) is 48.5 Å². The predicted molar refractivity (Wildman–Crippen MR) is 117 cm³/mol. The first-order valence-electron chi connectivity index (χ1n) is 9.65. The van der Waals surface area contributed by atoms with Crippen LogP contribution in [0.25, 0.3) is 0 Å². The van der Waals surface area contributed by atoms with Gasteiger partial charge in [-0.2, -0.15) is 0 Å². The molecule has 1 unspecified atom stereocenters. The summed E-state index contributed by atoms with van der Waals surface area (Å²) in [5, 5.41) is 13.4. The van der Waals surface area contributed by atoms with Crippen LogP contribution in [-0.2, 0) is 14.3 Å². The molecule has 174 valence electrons. The Labute approximate surface area is 193 Å². The molecule has 0 aromatic heterocycles. The van der Waals surface area contributed by atoms with Crippen molar-refractivity contribution in [2.75, 3.05) is 6.61 Å². The average molecular weight is 477 g/mol. The number of hydrogen-bond donors (Lipinski definition) is 3. The van der Waals surface area contributed by atoms with Gasteiger partial charge in [0.15, 0.2) is 6.61 Å². The maximum atomic E-state index is 12.4. The van der Waals surface area contributed by atoms with E-state index >= 15 is 0 Å². The molecule has 3 amide bonds. The number of ether oxygens (including phenoxy) is 1. The lowest BCUT2D eigenvalue weighted by Crippen LogP contribution is -2.47. The monoisotopic (exact) mass is 476 g/mol. The number of nitro benzene ring substituents is 1. The van der Waals surface area contributed by atoms with E-state index in [-0.39, 0.29) is 27.8 Å². The van der Waals surface area contributed by atoms with Crippen molar-refractivity contribution in [3.05, 3.63) is 74.8 Å². The Morgan fingerprint density at radius 3 is 2.21 bits per heavy atom. The molecule has 0 saturated heterocycles. The van der Waals surface area contributed by atoms with Crippen molar-refractivity contribution in [3.63, 3.8) is 0 Å². The van der Waals surface area contributed by atoms with Crippen LogP contribution in [0, 0.1) is 16.0 Å². The molecule has 2 rings (SSSR count). The lowest BCUT2D eigenvalue weighted by atomic mass is 10.0. The molecule has 3 N–H and O–H groups in total. The van der Waals surface area contributed by atoms with Gasteiger partial charge in [0.25, 0.3) is 23.4 Å². The Balaban J connectivity index is 1.86. The third-order valence-electron chi connectivity index (χ3n) is 4.33. The molecule has 0 aliphatic rings. The van der Waals surface area contributed by atoms with Crippen molar-refractivity contribution in [2.45, 2.75) is 19.9 Å². The van der Waals surface area contributed by atoms with E-state index in [0.29, 0.717) is 0 Å². The molecule has 0 aliphatic heterocycles. The van der Waals surface area contributed by atoms with E-state index in [9.17, 15) is 29.3 Å². The number of nitrogens with zero attached hydrogens (tertiary/aromatic N) is 1. The number of benzene rings is 2. The molecule has 2 aromatic rings. The highest BCUT2D eigenvalue weighted by atomic mass is 35.5. The first kappa shape index (κ1) is 25.3. The van der Waals surface area contributed by atoms with Crippen molar-refractivity contribution in [2.24, 2.45) is 5.92 Å². The van der Waals surface area contributed by atoms with Gasteiger partial charge in [-0.25, -0.2) is 4.79 Å². The first-order valence-corrected chi connectivity index (χ1v) is 10.0. The Hall–Kier alpha value is -3.99. The summed E-state index contributed by atoms with van der Waals surface area (Å²) in [4.78, 5) is 58.7. The molecule has 0 heterocycles. The minimum absolute atomic E-state index is 0.0695. The number of halogens is 1. The third-order valence-corrected chi connectivity index (χ3v) is 4.66. The Morgan fingerprint density at radius 2 is 1.64 bits per heavy atom. The van der Waals surface area contributed by atoms with Crippen molar-refractivity contribution < 1.29 is 28.8 Å². The topological polar surface area (TPSA) is 157 Å². The van der Waals surface area contributed by atoms with Crippen LogP contribution in [0.4, 0.5) is 5.69 Å². The summed E-state index contributed by atoms with van der Waals surface area (Å²) >= 11 is 6.00. The van der Waals surface area contributed by atoms with Crippen LogP contribution in [0.3, 0.4) is 0 Å².